The number of aliphatic hydroxyl groups excluding tert-OH is 1. The summed E-state index contributed by atoms with van der Waals surface area (Å²) < 4.78 is 1.07. The topological polar surface area (TPSA) is 20.2 Å². The van der Waals surface area contributed by atoms with E-state index in [0.717, 1.165) is 16.5 Å². The summed E-state index contributed by atoms with van der Waals surface area (Å²) in [7, 11) is 0. The van der Waals surface area contributed by atoms with Gasteiger partial charge in [-0.05, 0) is 36.6 Å². The first kappa shape index (κ1) is 9.75. The molecule has 1 aromatic carbocycles. The fourth-order valence-electron chi connectivity index (χ4n) is 1.29. The predicted octanol–water partition coefficient (Wildman–Crippen LogP) is 3.06. The molecule has 1 unspecified atom stereocenters. The van der Waals surface area contributed by atoms with Crippen molar-refractivity contribution in [3.8, 4) is 0 Å². The lowest BCUT2D eigenvalue weighted by Gasteiger charge is -2.10. The third-order valence-corrected chi connectivity index (χ3v) is 2.43. The average Bonchev–Trinajstić information content (AvgIpc) is 2.03. The van der Waals surface area contributed by atoms with E-state index in [1.54, 1.807) is 6.92 Å². The van der Waals surface area contributed by atoms with Gasteiger partial charge in [-0.25, -0.2) is 0 Å². The number of halogens is 1. The molecule has 0 bridgehead atoms. The van der Waals surface area contributed by atoms with Gasteiger partial charge in [-0.2, -0.15) is 0 Å². The normalized spacial score (nSPS) is 13.0. The first-order chi connectivity index (χ1) is 5.65. The SMILES string of the molecule is CCc1cc(Br)ccc1C(C)O. The maximum Gasteiger partial charge on any atom is 0.0764 e. The minimum absolute atomic E-state index is 0.368. The van der Waals surface area contributed by atoms with Gasteiger partial charge in [0.2, 0.25) is 0 Å². The van der Waals surface area contributed by atoms with Crippen LogP contribution in [0.3, 0.4) is 0 Å². The Morgan fingerprint density at radius 3 is 2.67 bits per heavy atom. The highest BCUT2D eigenvalue weighted by molar-refractivity contribution is 9.10. The van der Waals surface area contributed by atoms with Gasteiger partial charge in [0.25, 0.3) is 0 Å². The molecule has 0 aliphatic carbocycles. The van der Waals surface area contributed by atoms with E-state index in [9.17, 15) is 5.11 Å². The van der Waals surface area contributed by atoms with Crippen molar-refractivity contribution >= 4 is 15.9 Å². The first-order valence-corrected chi connectivity index (χ1v) is 4.90. The van der Waals surface area contributed by atoms with Crippen molar-refractivity contribution in [2.75, 3.05) is 0 Å². The monoisotopic (exact) mass is 228 g/mol. The van der Waals surface area contributed by atoms with Crippen LogP contribution < -0.4 is 0 Å². The van der Waals surface area contributed by atoms with Crippen LogP contribution in [-0.2, 0) is 6.42 Å². The fraction of sp³-hybridized carbons (Fsp3) is 0.400. The third-order valence-electron chi connectivity index (χ3n) is 1.94. The van der Waals surface area contributed by atoms with E-state index in [1.807, 2.05) is 12.1 Å². The Balaban J connectivity index is 3.11. The average molecular weight is 229 g/mol. The van der Waals surface area contributed by atoms with E-state index in [0.29, 0.717) is 0 Å². The van der Waals surface area contributed by atoms with Gasteiger partial charge in [-0.1, -0.05) is 28.9 Å². The van der Waals surface area contributed by atoms with Crippen LogP contribution >= 0.6 is 15.9 Å². The summed E-state index contributed by atoms with van der Waals surface area (Å²) in [6, 6.07) is 5.98. The Labute approximate surface area is 81.6 Å². The van der Waals surface area contributed by atoms with Crippen LogP contribution in [0.5, 0.6) is 0 Å². The van der Waals surface area contributed by atoms with Crippen molar-refractivity contribution in [1.29, 1.82) is 0 Å². The molecule has 0 fully saturated rings. The minimum Gasteiger partial charge on any atom is -0.389 e. The van der Waals surface area contributed by atoms with Crippen molar-refractivity contribution < 1.29 is 5.11 Å². The molecule has 0 aliphatic rings. The molecule has 2 heteroatoms. The lowest BCUT2D eigenvalue weighted by Crippen LogP contribution is -1.96. The summed E-state index contributed by atoms with van der Waals surface area (Å²) in [5.74, 6) is 0. The summed E-state index contributed by atoms with van der Waals surface area (Å²) in [4.78, 5) is 0. The van der Waals surface area contributed by atoms with Gasteiger partial charge in [0.15, 0.2) is 0 Å². The number of rotatable bonds is 2. The highest BCUT2D eigenvalue weighted by Crippen LogP contribution is 2.22. The van der Waals surface area contributed by atoms with Crippen LogP contribution in [0.1, 0.15) is 31.1 Å². The molecule has 1 aromatic rings. The molecule has 0 amide bonds. The van der Waals surface area contributed by atoms with Crippen LogP contribution in [-0.4, -0.2) is 5.11 Å². The van der Waals surface area contributed by atoms with Gasteiger partial charge >= 0.3 is 0 Å². The van der Waals surface area contributed by atoms with E-state index >= 15 is 0 Å². The Morgan fingerprint density at radius 1 is 1.50 bits per heavy atom. The van der Waals surface area contributed by atoms with Gasteiger partial charge in [-0.3, -0.25) is 0 Å². The molecule has 0 spiro atoms. The van der Waals surface area contributed by atoms with Gasteiger partial charge in [-0.15, -0.1) is 0 Å². The maximum atomic E-state index is 9.41. The van der Waals surface area contributed by atoms with E-state index in [-0.39, 0.29) is 6.10 Å². The quantitative estimate of drug-likeness (QED) is 0.826. The van der Waals surface area contributed by atoms with Crippen LogP contribution in [0.2, 0.25) is 0 Å². The Kier molecular flexibility index (Phi) is 3.29. The second-order valence-corrected chi connectivity index (χ2v) is 3.79. The van der Waals surface area contributed by atoms with Crippen LogP contribution in [0.15, 0.2) is 22.7 Å². The molecule has 0 saturated carbocycles. The highest BCUT2D eigenvalue weighted by Gasteiger charge is 2.05. The fourth-order valence-corrected chi connectivity index (χ4v) is 1.70. The molecule has 1 atom stereocenters. The number of aryl methyl sites for hydroxylation is 1. The molecule has 0 radical (unpaired) electrons. The molecular weight excluding hydrogens is 216 g/mol. The highest BCUT2D eigenvalue weighted by atomic mass is 79.9. The van der Waals surface area contributed by atoms with E-state index in [4.69, 9.17) is 0 Å². The Bertz CT molecular complexity index is 269. The van der Waals surface area contributed by atoms with Gasteiger partial charge in [0.05, 0.1) is 6.10 Å². The minimum atomic E-state index is -0.368. The number of benzene rings is 1. The standard InChI is InChI=1S/C10H13BrO/c1-3-8-6-9(11)4-5-10(8)7(2)12/h4-7,12H,3H2,1-2H3. The molecule has 66 valence electrons. The van der Waals surface area contributed by atoms with E-state index in [1.165, 1.54) is 5.56 Å². The zero-order valence-electron chi connectivity index (χ0n) is 7.34. The molecule has 1 rings (SSSR count). The van der Waals surface area contributed by atoms with Crippen LogP contribution in [0.25, 0.3) is 0 Å². The maximum absolute atomic E-state index is 9.41. The van der Waals surface area contributed by atoms with Crippen molar-refractivity contribution in [2.24, 2.45) is 0 Å². The van der Waals surface area contributed by atoms with Crippen LogP contribution in [0.4, 0.5) is 0 Å². The lowest BCUT2D eigenvalue weighted by atomic mass is 10.0. The number of aliphatic hydroxyl groups is 1. The predicted molar refractivity (Wildman–Crippen MR) is 54.2 cm³/mol. The number of hydrogen-bond donors (Lipinski definition) is 1. The first-order valence-electron chi connectivity index (χ1n) is 4.11. The molecule has 0 heterocycles. The summed E-state index contributed by atoms with van der Waals surface area (Å²) in [6.45, 7) is 3.88. The van der Waals surface area contributed by atoms with Gasteiger partial charge in [0.1, 0.15) is 0 Å². The molecule has 0 aliphatic heterocycles. The van der Waals surface area contributed by atoms with Crippen molar-refractivity contribution in [2.45, 2.75) is 26.4 Å². The Hall–Kier alpha value is -0.340. The molecular formula is C10H13BrO. The lowest BCUT2D eigenvalue weighted by molar-refractivity contribution is 0.198. The second kappa shape index (κ2) is 4.06. The van der Waals surface area contributed by atoms with Gasteiger partial charge in [0, 0.05) is 4.47 Å². The van der Waals surface area contributed by atoms with Gasteiger partial charge < -0.3 is 5.11 Å². The summed E-state index contributed by atoms with van der Waals surface area (Å²) in [5.41, 5.74) is 2.24. The van der Waals surface area contributed by atoms with Crippen LogP contribution in [0, 0.1) is 0 Å². The zero-order chi connectivity index (χ0) is 9.14. The summed E-state index contributed by atoms with van der Waals surface area (Å²) >= 11 is 3.40. The molecule has 1 nitrogen and oxygen atoms in total. The molecule has 12 heavy (non-hydrogen) atoms. The molecule has 0 saturated heterocycles. The smallest absolute Gasteiger partial charge is 0.0764 e. The van der Waals surface area contributed by atoms with Crippen molar-refractivity contribution in [3.63, 3.8) is 0 Å². The zero-order valence-corrected chi connectivity index (χ0v) is 8.93. The van der Waals surface area contributed by atoms with E-state index in [2.05, 4.69) is 28.9 Å². The van der Waals surface area contributed by atoms with Crippen molar-refractivity contribution in [1.82, 2.24) is 0 Å². The third kappa shape index (κ3) is 2.08. The number of hydrogen-bond acceptors (Lipinski definition) is 1. The summed E-state index contributed by atoms with van der Waals surface area (Å²) in [6.07, 6.45) is 0.590. The Morgan fingerprint density at radius 2 is 2.17 bits per heavy atom. The summed E-state index contributed by atoms with van der Waals surface area (Å²) in [5, 5.41) is 9.41. The largest absolute Gasteiger partial charge is 0.389 e. The molecule has 1 N–H and O–H groups in total. The second-order valence-electron chi connectivity index (χ2n) is 2.87. The van der Waals surface area contributed by atoms with E-state index < -0.39 is 0 Å². The molecule has 0 aromatic heterocycles. The van der Waals surface area contributed by atoms with Crippen molar-refractivity contribution in [3.05, 3.63) is 33.8 Å².